The Morgan fingerprint density at radius 2 is 2.05 bits per heavy atom. The Morgan fingerprint density at radius 1 is 1.24 bits per heavy atom. The SMILES string of the molecule is CCOc1cccc(-n2cnc3ccccc32)c1[N+](=O)[O-]. The van der Waals surface area contributed by atoms with Crippen molar-refractivity contribution in [3.63, 3.8) is 0 Å². The number of fused-ring (bicyclic) bond motifs is 1. The van der Waals surface area contributed by atoms with E-state index in [4.69, 9.17) is 4.74 Å². The summed E-state index contributed by atoms with van der Waals surface area (Å²) < 4.78 is 7.08. The van der Waals surface area contributed by atoms with Gasteiger partial charge in [-0.3, -0.25) is 14.7 Å². The molecule has 0 unspecified atom stereocenters. The standard InChI is InChI=1S/C15H13N3O3/c1-2-21-14-9-5-8-13(15(14)18(19)20)17-10-16-11-6-3-4-7-12(11)17/h3-10H,2H2,1H3. The quantitative estimate of drug-likeness (QED) is 0.544. The first-order valence-corrected chi connectivity index (χ1v) is 6.55. The van der Waals surface area contributed by atoms with Gasteiger partial charge in [-0.2, -0.15) is 0 Å². The number of benzene rings is 2. The van der Waals surface area contributed by atoms with Crippen LogP contribution in [-0.2, 0) is 0 Å². The second-order valence-electron chi connectivity index (χ2n) is 4.42. The maximum atomic E-state index is 11.4. The Labute approximate surface area is 120 Å². The van der Waals surface area contributed by atoms with Crippen LogP contribution in [0, 0.1) is 10.1 Å². The molecule has 0 N–H and O–H groups in total. The number of aromatic nitrogens is 2. The molecule has 0 aliphatic rings. The minimum absolute atomic E-state index is 0.0532. The van der Waals surface area contributed by atoms with Crippen molar-refractivity contribution in [3.8, 4) is 11.4 Å². The van der Waals surface area contributed by atoms with Crippen LogP contribution >= 0.6 is 0 Å². The van der Waals surface area contributed by atoms with Crippen LogP contribution in [0.15, 0.2) is 48.8 Å². The minimum Gasteiger partial charge on any atom is -0.487 e. The molecule has 106 valence electrons. The molecular formula is C15H13N3O3. The number of ether oxygens (including phenoxy) is 1. The van der Waals surface area contributed by atoms with E-state index in [0.717, 1.165) is 11.0 Å². The van der Waals surface area contributed by atoms with Gasteiger partial charge in [-0.15, -0.1) is 0 Å². The molecule has 3 aromatic rings. The first kappa shape index (κ1) is 13.1. The Bertz CT molecular complexity index is 811. The second-order valence-corrected chi connectivity index (χ2v) is 4.42. The highest BCUT2D eigenvalue weighted by atomic mass is 16.6. The van der Waals surface area contributed by atoms with Crippen molar-refractivity contribution in [1.29, 1.82) is 0 Å². The van der Waals surface area contributed by atoms with Crippen molar-refractivity contribution >= 4 is 16.7 Å². The highest BCUT2D eigenvalue weighted by Gasteiger charge is 2.23. The number of rotatable bonds is 4. The van der Waals surface area contributed by atoms with Crippen molar-refractivity contribution in [3.05, 3.63) is 58.9 Å². The molecule has 0 aliphatic carbocycles. The van der Waals surface area contributed by atoms with Crippen LogP contribution in [0.5, 0.6) is 5.75 Å². The lowest BCUT2D eigenvalue weighted by atomic mass is 10.2. The Kier molecular flexibility index (Phi) is 3.27. The minimum atomic E-state index is -0.422. The fourth-order valence-electron chi connectivity index (χ4n) is 2.31. The van der Waals surface area contributed by atoms with Gasteiger partial charge in [0.2, 0.25) is 0 Å². The van der Waals surface area contributed by atoms with E-state index in [1.165, 1.54) is 0 Å². The van der Waals surface area contributed by atoms with Crippen molar-refractivity contribution in [2.24, 2.45) is 0 Å². The third-order valence-electron chi connectivity index (χ3n) is 3.17. The van der Waals surface area contributed by atoms with Gasteiger partial charge in [0.05, 0.1) is 22.6 Å². The fraction of sp³-hybridized carbons (Fsp3) is 0.133. The molecule has 0 fully saturated rings. The van der Waals surface area contributed by atoms with Gasteiger partial charge in [-0.05, 0) is 31.2 Å². The maximum absolute atomic E-state index is 11.4. The predicted octanol–water partition coefficient (Wildman–Crippen LogP) is 3.33. The lowest BCUT2D eigenvalue weighted by Crippen LogP contribution is -2.03. The van der Waals surface area contributed by atoms with Crippen LogP contribution in [0.1, 0.15) is 6.92 Å². The third-order valence-corrected chi connectivity index (χ3v) is 3.17. The van der Waals surface area contributed by atoms with Crippen LogP contribution < -0.4 is 4.74 Å². The number of hydrogen-bond donors (Lipinski definition) is 0. The number of nitrogens with zero attached hydrogens (tertiary/aromatic N) is 3. The third kappa shape index (κ3) is 2.20. The van der Waals surface area contributed by atoms with E-state index in [9.17, 15) is 10.1 Å². The highest BCUT2D eigenvalue weighted by molar-refractivity contribution is 5.79. The molecular weight excluding hydrogens is 270 g/mol. The van der Waals surface area contributed by atoms with Gasteiger partial charge in [-0.1, -0.05) is 18.2 Å². The van der Waals surface area contributed by atoms with Gasteiger partial charge in [0.25, 0.3) is 0 Å². The average Bonchev–Trinajstić information content (AvgIpc) is 2.91. The summed E-state index contributed by atoms with van der Waals surface area (Å²) in [5.41, 5.74) is 1.99. The van der Waals surface area contributed by atoms with Gasteiger partial charge < -0.3 is 4.74 Å². The zero-order valence-corrected chi connectivity index (χ0v) is 11.4. The zero-order chi connectivity index (χ0) is 14.8. The largest absolute Gasteiger partial charge is 0.487 e. The van der Waals surface area contributed by atoms with Gasteiger partial charge in [0, 0.05) is 0 Å². The van der Waals surface area contributed by atoms with Crippen molar-refractivity contribution < 1.29 is 9.66 Å². The van der Waals surface area contributed by atoms with E-state index >= 15 is 0 Å². The molecule has 1 heterocycles. The number of nitro benzene ring substituents is 1. The predicted molar refractivity (Wildman–Crippen MR) is 78.9 cm³/mol. The van der Waals surface area contributed by atoms with Gasteiger partial charge >= 0.3 is 5.69 Å². The van der Waals surface area contributed by atoms with Crippen LogP contribution in [-0.4, -0.2) is 21.1 Å². The van der Waals surface area contributed by atoms with Gasteiger partial charge in [0.15, 0.2) is 5.75 Å². The highest BCUT2D eigenvalue weighted by Crippen LogP contribution is 2.34. The van der Waals surface area contributed by atoms with E-state index in [1.54, 1.807) is 36.0 Å². The first-order valence-electron chi connectivity index (χ1n) is 6.55. The molecule has 2 aromatic carbocycles. The summed E-state index contributed by atoms with van der Waals surface area (Å²) in [7, 11) is 0. The Hall–Kier alpha value is -2.89. The molecule has 0 radical (unpaired) electrons. The molecule has 6 nitrogen and oxygen atoms in total. The molecule has 0 amide bonds. The van der Waals surface area contributed by atoms with Crippen LogP contribution in [0.25, 0.3) is 16.7 Å². The number of imidazole rings is 1. The number of hydrogen-bond acceptors (Lipinski definition) is 4. The molecule has 3 rings (SSSR count). The number of para-hydroxylation sites is 3. The molecule has 1 aromatic heterocycles. The smallest absolute Gasteiger partial charge is 0.334 e. The van der Waals surface area contributed by atoms with Crippen LogP contribution in [0.2, 0.25) is 0 Å². The Balaban J connectivity index is 2.27. The monoisotopic (exact) mass is 283 g/mol. The molecule has 6 heteroatoms. The summed E-state index contributed by atoms with van der Waals surface area (Å²) in [4.78, 5) is 15.3. The second kappa shape index (κ2) is 5.24. The van der Waals surface area contributed by atoms with Crippen LogP contribution in [0.4, 0.5) is 5.69 Å². The average molecular weight is 283 g/mol. The summed E-state index contributed by atoms with van der Waals surface area (Å²) in [6, 6.07) is 12.5. The molecule has 0 saturated heterocycles. The lowest BCUT2D eigenvalue weighted by Gasteiger charge is -2.09. The molecule has 0 saturated carbocycles. The van der Waals surface area contributed by atoms with E-state index in [2.05, 4.69) is 4.98 Å². The number of nitro groups is 1. The zero-order valence-electron chi connectivity index (χ0n) is 11.4. The summed E-state index contributed by atoms with van der Waals surface area (Å²) >= 11 is 0. The normalized spacial score (nSPS) is 10.7. The van der Waals surface area contributed by atoms with E-state index in [0.29, 0.717) is 12.3 Å². The molecule has 0 bridgehead atoms. The summed E-state index contributed by atoms with van der Waals surface area (Å²) in [5, 5.41) is 11.4. The van der Waals surface area contributed by atoms with Crippen molar-refractivity contribution in [1.82, 2.24) is 9.55 Å². The molecule has 0 aliphatic heterocycles. The topological polar surface area (TPSA) is 70.2 Å². The van der Waals surface area contributed by atoms with Crippen molar-refractivity contribution in [2.45, 2.75) is 6.92 Å². The van der Waals surface area contributed by atoms with E-state index < -0.39 is 4.92 Å². The lowest BCUT2D eigenvalue weighted by molar-refractivity contribution is -0.385. The summed E-state index contributed by atoms with van der Waals surface area (Å²) in [5.74, 6) is 0.262. The van der Waals surface area contributed by atoms with Crippen LogP contribution in [0.3, 0.4) is 0 Å². The molecule has 0 spiro atoms. The van der Waals surface area contributed by atoms with Gasteiger partial charge in [0.1, 0.15) is 12.0 Å². The molecule has 0 atom stereocenters. The fourth-order valence-corrected chi connectivity index (χ4v) is 2.31. The molecule has 21 heavy (non-hydrogen) atoms. The Morgan fingerprint density at radius 3 is 2.81 bits per heavy atom. The van der Waals surface area contributed by atoms with E-state index in [-0.39, 0.29) is 11.4 Å². The first-order chi connectivity index (χ1) is 10.2. The van der Waals surface area contributed by atoms with Crippen molar-refractivity contribution in [2.75, 3.05) is 6.61 Å². The summed E-state index contributed by atoms with van der Waals surface area (Å²) in [6.07, 6.45) is 1.59. The van der Waals surface area contributed by atoms with E-state index in [1.807, 2.05) is 24.3 Å². The van der Waals surface area contributed by atoms with Gasteiger partial charge in [-0.25, -0.2) is 4.98 Å². The maximum Gasteiger partial charge on any atom is 0.334 e. The summed E-state index contributed by atoms with van der Waals surface area (Å²) in [6.45, 7) is 2.16.